The third-order valence-electron chi connectivity index (χ3n) is 6.03. The van der Waals surface area contributed by atoms with Crippen LogP contribution in [0.3, 0.4) is 0 Å². The molecule has 5 nitrogen and oxygen atoms in total. The number of aromatic nitrogens is 2. The number of carbonyl (C=O) groups excluding carboxylic acids is 1. The number of nitrogens with zero attached hydrogens (tertiary/aromatic N) is 2. The minimum absolute atomic E-state index is 0.0728. The molecule has 2 heterocycles. The number of aromatic amines is 1. The number of carbonyl (C=O) groups is 1. The molecule has 33 heavy (non-hydrogen) atoms. The van der Waals surface area contributed by atoms with Gasteiger partial charge in [-0.3, -0.25) is 9.89 Å². The van der Waals surface area contributed by atoms with Crippen LogP contribution in [0.2, 0.25) is 5.02 Å². The maximum absolute atomic E-state index is 13.5. The number of fused-ring (bicyclic) bond motifs is 1. The fourth-order valence-electron chi connectivity index (χ4n) is 4.33. The Labute approximate surface area is 205 Å². The molecule has 0 saturated heterocycles. The van der Waals surface area contributed by atoms with Gasteiger partial charge in [-0.2, -0.15) is 5.10 Å². The van der Waals surface area contributed by atoms with Crippen LogP contribution in [-0.4, -0.2) is 26.1 Å². The van der Waals surface area contributed by atoms with Crippen LogP contribution in [0.1, 0.15) is 44.3 Å². The molecule has 1 aliphatic heterocycles. The van der Waals surface area contributed by atoms with E-state index in [0.29, 0.717) is 28.5 Å². The molecule has 166 valence electrons. The number of rotatable bonds is 4. The SMILES string of the molecule is Cc1ccc(CN2C(=O)c3[nH]nc(-c4cc(Cl)c(C)cc4O)c3C2c2cccc(Br)c2)cc1. The average molecular weight is 523 g/mol. The van der Waals surface area contributed by atoms with Gasteiger partial charge in [0.25, 0.3) is 5.91 Å². The first-order valence-corrected chi connectivity index (χ1v) is 11.7. The Hall–Kier alpha value is -3.09. The van der Waals surface area contributed by atoms with Crippen molar-refractivity contribution < 1.29 is 9.90 Å². The minimum Gasteiger partial charge on any atom is -0.507 e. The first-order chi connectivity index (χ1) is 15.8. The van der Waals surface area contributed by atoms with Crippen LogP contribution in [0.25, 0.3) is 11.3 Å². The fraction of sp³-hybridized carbons (Fsp3) is 0.154. The summed E-state index contributed by atoms with van der Waals surface area (Å²) in [7, 11) is 0. The Bertz CT molecular complexity index is 1380. The van der Waals surface area contributed by atoms with Gasteiger partial charge in [-0.05, 0) is 54.8 Å². The standard InChI is InChI=1S/C26H21BrClN3O2/c1-14-6-8-16(9-7-14)13-31-25(17-4-3-5-18(27)11-17)22-23(29-30-24(22)26(31)33)19-12-20(28)15(2)10-21(19)32/h3-12,25,32H,13H2,1-2H3,(H,29,30). The molecule has 0 radical (unpaired) electrons. The first kappa shape index (κ1) is 21.7. The Kier molecular flexibility index (Phi) is 5.51. The molecule has 4 aromatic rings. The minimum atomic E-state index is -0.375. The van der Waals surface area contributed by atoms with E-state index in [4.69, 9.17) is 11.6 Å². The number of aryl methyl sites for hydroxylation is 2. The summed E-state index contributed by atoms with van der Waals surface area (Å²) in [6.07, 6.45) is 0. The predicted molar refractivity (Wildman–Crippen MR) is 132 cm³/mol. The van der Waals surface area contributed by atoms with Gasteiger partial charge in [0.15, 0.2) is 0 Å². The molecule has 1 aliphatic rings. The van der Waals surface area contributed by atoms with Crippen LogP contribution in [0.5, 0.6) is 5.75 Å². The third kappa shape index (κ3) is 3.83. The molecule has 0 spiro atoms. The van der Waals surface area contributed by atoms with Crippen molar-refractivity contribution in [2.24, 2.45) is 0 Å². The predicted octanol–water partition coefficient (Wildman–Crippen LogP) is 6.56. The van der Waals surface area contributed by atoms with Crippen molar-refractivity contribution in [3.63, 3.8) is 0 Å². The largest absolute Gasteiger partial charge is 0.507 e. The molecule has 5 rings (SSSR count). The highest BCUT2D eigenvalue weighted by atomic mass is 79.9. The molecule has 2 N–H and O–H groups in total. The van der Waals surface area contributed by atoms with Crippen LogP contribution < -0.4 is 0 Å². The maximum Gasteiger partial charge on any atom is 0.273 e. The monoisotopic (exact) mass is 521 g/mol. The Morgan fingerprint density at radius 2 is 1.88 bits per heavy atom. The summed E-state index contributed by atoms with van der Waals surface area (Å²) in [6, 6.07) is 19.0. The molecule has 3 aromatic carbocycles. The highest BCUT2D eigenvalue weighted by molar-refractivity contribution is 9.10. The van der Waals surface area contributed by atoms with Gasteiger partial charge >= 0.3 is 0 Å². The van der Waals surface area contributed by atoms with Gasteiger partial charge < -0.3 is 10.0 Å². The molecule has 0 fully saturated rings. The van der Waals surface area contributed by atoms with E-state index >= 15 is 0 Å². The zero-order valence-electron chi connectivity index (χ0n) is 18.1. The van der Waals surface area contributed by atoms with Crippen molar-refractivity contribution in [1.29, 1.82) is 0 Å². The van der Waals surface area contributed by atoms with Crippen LogP contribution in [0.15, 0.2) is 65.1 Å². The molecular weight excluding hydrogens is 502 g/mol. The number of H-pyrrole nitrogens is 1. The van der Waals surface area contributed by atoms with Crippen LogP contribution in [-0.2, 0) is 6.54 Å². The smallest absolute Gasteiger partial charge is 0.273 e. The molecule has 7 heteroatoms. The summed E-state index contributed by atoms with van der Waals surface area (Å²) in [5.41, 5.74) is 6.10. The van der Waals surface area contributed by atoms with E-state index in [-0.39, 0.29) is 17.7 Å². The summed E-state index contributed by atoms with van der Waals surface area (Å²) in [5.74, 6) is -0.0596. The van der Waals surface area contributed by atoms with Gasteiger partial charge in [-0.15, -0.1) is 0 Å². The van der Waals surface area contributed by atoms with E-state index in [2.05, 4.69) is 26.1 Å². The van der Waals surface area contributed by atoms with Crippen molar-refractivity contribution in [2.45, 2.75) is 26.4 Å². The molecule has 1 atom stereocenters. The van der Waals surface area contributed by atoms with E-state index in [1.54, 1.807) is 12.1 Å². The number of amides is 1. The van der Waals surface area contributed by atoms with Crippen molar-refractivity contribution in [3.8, 4) is 17.0 Å². The van der Waals surface area contributed by atoms with Crippen LogP contribution >= 0.6 is 27.5 Å². The maximum atomic E-state index is 13.5. The van der Waals surface area contributed by atoms with E-state index in [1.165, 1.54) is 5.56 Å². The van der Waals surface area contributed by atoms with Gasteiger partial charge in [-0.1, -0.05) is 69.5 Å². The lowest BCUT2D eigenvalue weighted by atomic mass is 9.95. The average Bonchev–Trinajstić information content (AvgIpc) is 3.32. The zero-order chi connectivity index (χ0) is 23.3. The molecule has 1 unspecified atom stereocenters. The summed E-state index contributed by atoms with van der Waals surface area (Å²) >= 11 is 9.93. The molecule has 0 saturated carbocycles. The molecule has 0 aliphatic carbocycles. The van der Waals surface area contributed by atoms with E-state index < -0.39 is 0 Å². The van der Waals surface area contributed by atoms with Gasteiger partial charge in [0, 0.05) is 27.2 Å². The Morgan fingerprint density at radius 1 is 1.12 bits per heavy atom. The molecule has 1 aromatic heterocycles. The number of aromatic hydroxyl groups is 1. The zero-order valence-corrected chi connectivity index (χ0v) is 20.4. The van der Waals surface area contributed by atoms with E-state index in [9.17, 15) is 9.90 Å². The van der Waals surface area contributed by atoms with Crippen molar-refractivity contribution in [2.75, 3.05) is 0 Å². The molecular formula is C26H21BrClN3O2. The number of phenolic OH excluding ortho intramolecular Hbond substituents is 1. The second-order valence-corrected chi connectivity index (χ2v) is 9.68. The summed E-state index contributed by atoms with van der Waals surface area (Å²) in [5, 5.41) is 18.6. The lowest BCUT2D eigenvalue weighted by molar-refractivity contribution is 0.0730. The van der Waals surface area contributed by atoms with Crippen LogP contribution in [0.4, 0.5) is 0 Å². The molecule has 0 bridgehead atoms. The first-order valence-electron chi connectivity index (χ1n) is 10.5. The van der Waals surface area contributed by atoms with Crippen LogP contribution in [0, 0.1) is 13.8 Å². The fourth-order valence-corrected chi connectivity index (χ4v) is 4.92. The number of hydrogen-bond acceptors (Lipinski definition) is 3. The van der Waals surface area contributed by atoms with Crippen molar-refractivity contribution in [3.05, 3.63) is 104 Å². The summed E-state index contributed by atoms with van der Waals surface area (Å²) < 4.78 is 0.919. The summed E-state index contributed by atoms with van der Waals surface area (Å²) in [6.45, 7) is 4.31. The molecule has 1 amide bonds. The Balaban J connectivity index is 1.68. The van der Waals surface area contributed by atoms with Gasteiger partial charge in [0.2, 0.25) is 0 Å². The number of benzene rings is 3. The van der Waals surface area contributed by atoms with Gasteiger partial charge in [0.05, 0.1) is 6.04 Å². The van der Waals surface area contributed by atoms with Crippen molar-refractivity contribution in [1.82, 2.24) is 15.1 Å². The van der Waals surface area contributed by atoms with Crippen molar-refractivity contribution >= 4 is 33.4 Å². The number of halogens is 2. The Morgan fingerprint density at radius 3 is 2.61 bits per heavy atom. The van der Waals surface area contributed by atoms with E-state index in [1.807, 2.05) is 67.3 Å². The normalized spacial score (nSPS) is 15.2. The quantitative estimate of drug-likeness (QED) is 0.319. The number of hydrogen-bond donors (Lipinski definition) is 2. The van der Waals surface area contributed by atoms with E-state index in [0.717, 1.165) is 26.7 Å². The summed E-state index contributed by atoms with van der Waals surface area (Å²) in [4.78, 5) is 15.4. The highest BCUT2D eigenvalue weighted by Gasteiger charge is 2.42. The number of nitrogens with one attached hydrogen (secondary N) is 1. The number of phenols is 1. The van der Waals surface area contributed by atoms with Gasteiger partial charge in [-0.25, -0.2) is 0 Å². The second kappa shape index (κ2) is 8.36. The topological polar surface area (TPSA) is 69.2 Å². The second-order valence-electron chi connectivity index (χ2n) is 8.36. The van der Waals surface area contributed by atoms with Gasteiger partial charge in [0.1, 0.15) is 17.1 Å². The lowest BCUT2D eigenvalue weighted by Crippen LogP contribution is -2.29. The lowest BCUT2D eigenvalue weighted by Gasteiger charge is -2.27. The highest BCUT2D eigenvalue weighted by Crippen LogP contribution is 2.46. The third-order valence-corrected chi connectivity index (χ3v) is 6.93.